The summed E-state index contributed by atoms with van der Waals surface area (Å²) in [5.41, 5.74) is 0.384. The summed E-state index contributed by atoms with van der Waals surface area (Å²) >= 11 is 9.13. The number of nitrogens with zero attached hydrogens (tertiary/aromatic N) is 1. The van der Waals surface area contributed by atoms with Crippen molar-refractivity contribution in [1.82, 2.24) is 4.57 Å². The highest BCUT2D eigenvalue weighted by Gasteiger charge is 2.14. The second-order valence-corrected chi connectivity index (χ2v) is 5.06. The van der Waals surface area contributed by atoms with Crippen LogP contribution in [-0.2, 0) is 4.74 Å². The van der Waals surface area contributed by atoms with Gasteiger partial charge in [0.05, 0.1) is 18.4 Å². The van der Waals surface area contributed by atoms with Crippen LogP contribution in [0.3, 0.4) is 0 Å². The van der Waals surface area contributed by atoms with Crippen LogP contribution in [0.1, 0.15) is 10.4 Å². The van der Waals surface area contributed by atoms with E-state index in [9.17, 15) is 9.59 Å². The molecule has 2 aromatic rings. The molecule has 4 nitrogen and oxygen atoms in total. The van der Waals surface area contributed by atoms with Crippen LogP contribution in [0, 0.1) is 0 Å². The zero-order chi connectivity index (χ0) is 14.0. The van der Waals surface area contributed by atoms with Gasteiger partial charge in [-0.3, -0.25) is 9.36 Å². The lowest BCUT2D eigenvalue weighted by Gasteiger charge is -2.11. The molecule has 0 fully saturated rings. The van der Waals surface area contributed by atoms with E-state index >= 15 is 0 Å². The molecule has 0 amide bonds. The van der Waals surface area contributed by atoms with Gasteiger partial charge in [0.25, 0.3) is 5.56 Å². The molecule has 0 saturated carbocycles. The lowest BCUT2D eigenvalue weighted by Crippen LogP contribution is -2.19. The number of carbonyl (C=O) groups is 1. The third-order valence-corrected chi connectivity index (χ3v) is 3.23. The molecule has 98 valence electrons. The van der Waals surface area contributed by atoms with Gasteiger partial charge in [-0.15, -0.1) is 0 Å². The minimum absolute atomic E-state index is 0.274. The summed E-state index contributed by atoms with van der Waals surface area (Å²) in [5, 5.41) is 0.428. The number of aromatic nitrogens is 1. The SMILES string of the molecule is COC(=O)c1ccc(Cl)cc1-n1ccc(Br)cc1=O. The van der Waals surface area contributed by atoms with Crippen LogP contribution in [-0.4, -0.2) is 17.6 Å². The highest BCUT2D eigenvalue weighted by molar-refractivity contribution is 9.10. The van der Waals surface area contributed by atoms with E-state index in [2.05, 4.69) is 15.9 Å². The van der Waals surface area contributed by atoms with Crippen molar-refractivity contribution in [3.05, 3.63) is 61.9 Å². The maximum absolute atomic E-state index is 12.0. The van der Waals surface area contributed by atoms with Crippen molar-refractivity contribution >= 4 is 33.5 Å². The lowest BCUT2D eigenvalue weighted by molar-refractivity contribution is 0.0600. The number of hydrogen-bond donors (Lipinski definition) is 0. The topological polar surface area (TPSA) is 48.3 Å². The molecule has 0 spiro atoms. The van der Waals surface area contributed by atoms with E-state index < -0.39 is 5.97 Å². The van der Waals surface area contributed by atoms with E-state index in [-0.39, 0.29) is 11.1 Å². The van der Waals surface area contributed by atoms with Crippen LogP contribution in [0.5, 0.6) is 0 Å². The second kappa shape index (κ2) is 5.59. The van der Waals surface area contributed by atoms with E-state index in [0.717, 1.165) is 0 Å². The molecule has 1 aromatic heterocycles. The van der Waals surface area contributed by atoms with Gasteiger partial charge in [0.1, 0.15) is 0 Å². The Labute approximate surface area is 122 Å². The standard InChI is InChI=1S/C13H9BrClNO3/c1-19-13(18)10-3-2-9(15)7-11(10)16-5-4-8(14)6-12(16)17/h2-7H,1H3. The molecule has 0 aliphatic heterocycles. The van der Waals surface area contributed by atoms with Crippen molar-refractivity contribution in [3.8, 4) is 5.69 Å². The maximum atomic E-state index is 12.0. The Morgan fingerprint density at radius 3 is 2.68 bits per heavy atom. The Balaban J connectivity index is 2.70. The van der Waals surface area contributed by atoms with Crippen LogP contribution in [0.25, 0.3) is 5.69 Å². The number of rotatable bonds is 2. The predicted molar refractivity (Wildman–Crippen MR) is 76.1 cm³/mol. The molecule has 19 heavy (non-hydrogen) atoms. The highest BCUT2D eigenvalue weighted by Crippen LogP contribution is 2.20. The van der Waals surface area contributed by atoms with Crippen LogP contribution in [0.15, 0.2) is 45.8 Å². The van der Waals surface area contributed by atoms with Gasteiger partial charge in [-0.05, 0) is 24.3 Å². The Hall–Kier alpha value is -1.59. The number of methoxy groups -OCH3 is 1. The second-order valence-electron chi connectivity index (χ2n) is 3.71. The molecule has 2 rings (SSSR count). The van der Waals surface area contributed by atoms with Gasteiger partial charge in [-0.2, -0.15) is 0 Å². The average Bonchev–Trinajstić information content (AvgIpc) is 2.38. The predicted octanol–water partition coefficient (Wildman–Crippen LogP) is 3.04. The van der Waals surface area contributed by atoms with Gasteiger partial charge in [0.15, 0.2) is 0 Å². The summed E-state index contributed by atoms with van der Waals surface area (Å²) in [6, 6.07) is 7.74. The van der Waals surface area contributed by atoms with Crippen molar-refractivity contribution in [1.29, 1.82) is 0 Å². The summed E-state index contributed by atoms with van der Waals surface area (Å²) in [4.78, 5) is 23.7. The zero-order valence-corrected chi connectivity index (χ0v) is 12.2. The molecule has 0 aliphatic carbocycles. The number of halogens is 2. The van der Waals surface area contributed by atoms with E-state index in [0.29, 0.717) is 15.2 Å². The van der Waals surface area contributed by atoms with Gasteiger partial charge >= 0.3 is 5.97 Å². The number of ether oxygens (including phenoxy) is 1. The Morgan fingerprint density at radius 2 is 2.05 bits per heavy atom. The molecular formula is C13H9BrClNO3. The molecule has 1 heterocycles. The molecule has 0 N–H and O–H groups in total. The first-order valence-corrected chi connectivity index (χ1v) is 6.46. The van der Waals surface area contributed by atoms with Crippen molar-refractivity contribution in [3.63, 3.8) is 0 Å². The molecule has 1 aromatic carbocycles. The van der Waals surface area contributed by atoms with E-state index in [1.807, 2.05) is 0 Å². The first-order valence-electron chi connectivity index (χ1n) is 5.29. The van der Waals surface area contributed by atoms with Crippen LogP contribution in [0.2, 0.25) is 5.02 Å². The van der Waals surface area contributed by atoms with Gasteiger partial charge in [0.2, 0.25) is 0 Å². The van der Waals surface area contributed by atoms with Gasteiger partial charge in [-0.1, -0.05) is 27.5 Å². The van der Waals surface area contributed by atoms with Gasteiger partial charge < -0.3 is 4.74 Å². The summed E-state index contributed by atoms with van der Waals surface area (Å²) in [6.07, 6.45) is 1.56. The monoisotopic (exact) mass is 341 g/mol. The van der Waals surface area contributed by atoms with Crippen molar-refractivity contribution in [2.45, 2.75) is 0 Å². The van der Waals surface area contributed by atoms with Gasteiger partial charge in [-0.25, -0.2) is 4.79 Å². The normalized spacial score (nSPS) is 10.3. The quantitative estimate of drug-likeness (QED) is 0.788. The van der Waals surface area contributed by atoms with Crippen molar-refractivity contribution in [2.75, 3.05) is 7.11 Å². The van der Waals surface area contributed by atoms with Crippen LogP contribution in [0.4, 0.5) is 0 Å². The first-order chi connectivity index (χ1) is 9.02. The lowest BCUT2D eigenvalue weighted by atomic mass is 10.1. The number of hydrogen-bond acceptors (Lipinski definition) is 3. The van der Waals surface area contributed by atoms with Crippen LogP contribution < -0.4 is 5.56 Å². The summed E-state index contributed by atoms with van der Waals surface area (Å²) in [5.74, 6) is -0.526. The van der Waals surface area contributed by atoms with Crippen molar-refractivity contribution in [2.24, 2.45) is 0 Å². The van der Waals surface area contributed by atoms with Crippen LogP contribution >= 0.6 is 27.5 Å². The molecule has 0 aliphatic rings. The molecule has 0 unspecified atom stereocenters. The summed E-state index contributed by atoms with van der Waals surface area (Å²) in [7, 11) is 1.28. The fourth-order valence-electron chi connectivity index (χ4n) is 1.64. The third kappa shape index (κ3) is 2.88. The Morgan fingerprint density at radius 1 is 1.32 bits per heavy atom. The molecule has 6 heteroatoms. The molecule has 0 radical (unpaired) electrons. The number of esters is 1. The third-order valence-electron chi connectivity index (χ3n) is 2.51. The van der Waals surface area contributed by atoms with Gasteiger partial charge in [0, 0.05) is 21.8 Å². The zero-order valence-electron chi connectivity index (χ0n) is 9.89. The number of benzene rings is 1. The highest BCUT2D eigenvalue weighted by atomic mass is 79.9. The fourth-order valence-corrected chi connectivity index (χ4v) is 2.12. The minimum Gasteiger partial charge on any atom is -0.465 e. The van der Waals surface area contributed by atoms with E-state index in [4.69, 9.17) is 16.3 Å². The summed E-state index contributed by atoms with van der Waals surface area (Å²) < 4.78 is 6.69. The van der Waals surface area contributed by atoms with Crippen molar-refractivity contribution < 1.29 is 9.53 Å². The molecular weight excluding hydrogens is 334 g/mol. The Bertz CT molecular complexity index is 697. The van der Waals surface area contributed by atoms with E-state index in [1.54, 1.807) is 24.4 Å². The van der Waals surface area contributed by atoms with E-state index in [1.165, 1.54) is 23.8 Å². The molecule has 0 bridgehead atoms. The fraction of sp³-hybridized carbons (Fsp3) is 0.0769. The first kappa shape index (κ1) is 13.8. The summed E-state index contributed by atoms with van der Waals surface area (Å²) in [6.45, 7) is 0. The average molecular weight is 343 g/mol. The maximum Gasteiger partial charge on any atom is 0.339 e. The number of carbonyl (C=O) groups excluding carboxylic acids is 1. The number of pyridine rings is 1. The molecule has 0 atom stereocenters. The minimum atomic E-state index is -0.526. The smallest absolute Gasteiger partial charge is 0.339 e. The Kier molecular flexibility index (Phi) is 4.07. The molecule has 0 saturated heterocycles. The largest absolute Gasteiger partial charge is 0.465 e.